The van der Waals surface area contributed by atoms with E-state index in [-0.39, 0.29) is 6.61 Å². The highest BCUT2D eigenvalue weighted by atomic mass is 32.1. The van der Waals surface area contributed by atoms with Gasteiger partial charge in [0, 0.05) is 5.56 Å². The van der Waals surface area contributed by atoms with Gasteiger partial charge in [0.15, 0.2) is 0 Å². The number of fused-ring (bicyclic) bond motifs is 1. The number of benzene rings is 3. The highest BCUT2D eigenvalue weighted by Crippen LogP contribution is 2.33. The lowest BCUT2D eigenvalue weighted by Crippen LogP contribution is -2.19. The Bertz CT molecular complexity index is 1110. The first kappa shape index (κ1) is 20.3. The molecular weight excluding hydrogens is 401 g/mol. The van der Waals surface area contributed by atoms with Crippen LogP contribution in [-0.4, -0.2) is 36.1 Å². The van der Waals surface area contributed by atoms with Crippen LogP contribution < -0.4 is 9.47 Å². The van der Waals surface area contributed by atoms with Crippen molar-refractivity contribution in [2.75, 3.05) is 19.9 Å². The fraction of sp³-hybridized carbons (Fsp3) is 0.208. The van der Waals surface area contributed by atoms with E-state index in [1.165, 1.54) is 0 Å². The zero-order chi connectivity index (χ0) is 20.9. The maximum atomic E-state index is 12.4. The Morgan fingerprint density at radius 3 is 2.20 bits per heavy atom. The van der Waals surface area contributed by atoms with Gasteiger partial charge in [0.05, 0.1) is 16.8 Å². The van der Waals surface area contributed by atoms with Crippen LogP contribution in [0.1, 0.15) is 6.92 Å². The third-order valence-corrected chi connectivity index (χ3v) is 5.68. The molecule has 1 unspecified atom stereocenters. The molecular formula is C24H22FNO3S. The second kappa shape index (κ2) is 9.24. The van der Waals surface area contributed by atoms with Gasteiger partial charge < -0.3 is 14.6 Å². The molecule has 0 fully saturated rings. The van der Waals surface area contributed by atoms with Crippen LogP contribution in [0.5, 0.6) is 11.5 Å². The third-order valence-electron chi connectivity index (χ3n) is 4.61. The Hall–Kier alpha value is -2.96. The molecule has 1 N–H and O–H groups in total. The first-order valence-corrected chi connectivity index (χ1v) is 10.6. The van der Waals surface area contributed by atoms with Crippen LogP contribution >= 0.6 is 11.3 Å². The van der Waals surface area contributed by atoms with E-state index in [0.29, 0.717) is 12.4 Å². The number of aliphatic hydroxyl groups is 1. The van der Waals surface area contributed by atoms with Crippen molar-refractivity contribution in [3.05, 3.63) is 66.7 Å². The molecule has 4 rings (SSSR count). The number of alkyl halides is 1. The summed E-state index contributed by atoms with van der Waals surface area (Å²) in [7, 11) is 0. The molecule has 0 saturated carbocycles. The quantitative estimate of drug-likeness (QED) is 0.393. The molecule has 0 bridgehead atoms. The number of aromatic nitrogens is 1. The number of rotatable bonds is 8. The van der Waals surface area contributed by atoms with Crippen molar-refractivity contribution < 1.29 is 19.0 Å². The van der Waals surface area contributed by atoms with Gasteiger partial charge in [-0.1, -0.05) is 36.4 Å². The summed E-state index contributed by atoms with van der Waals surface area (Å²) in [6, 6.07) is 21.9. The minimum absolute atomic E-state index is 0.0688. The Labute approximate surface area is 178 Å². The van der Waals surface area contributed by atoms with Crippen molar-refractivity contribution in [1.82, 2.24) is 4.98 Å². The molecule has 0 amide bonds. The average Bonchev–Trinajstić information content (AvgIpc) is 3.22. The fourth-order valence-electron chi connectivity index (χ4n) is 3.07. The number of thiazole rings is 1. The molecule has 4 aromatic rings. The van der Waals surface area contributed by atoms with Crippen molar-refractivity contribution in [1.29, 1.82) is 0 Å². The molecule has 154 valence electrons. The fourth-order valence-corrected chi connectivity index (χ4v) is 4.07. The summed E-state index contributed by atoms with van der Waals surface area (Å²) in [5, 5.41) is 10.2. The van der Waals surface area contributed by atoms with E-state index in [1.54, 1.807) is 17.4 Å². The molecule has 1 atom stereocenters. The first-order valence-electron chi connectivity index (χ1n) is 9.77. The van der Waals surface area contributed by atoms with E-state index in [9.17, 15) is 9.50 Å². The van der Waals surface area contributed by atoms with Crippen LogP contribution in [0.15, 0.2) is 66.7 Å². The number of aliphatic hydroxyl groups excluding tert-OH is 1. The van der Waals surface area contributed by atoms with E-state index in [0.717, 1.165) is 37.7 Å². The monoisotopic (exact) mass is 423 g/mol. The second-order valence-electron chi connectivity index (χ2n) is 6.80. The van der Waals surface area contributed by atoms with Crippen LogP contribution in [0.3, 0.4) is 0 Å². The van der Waals surface area contributed by atoms with E-state index < -0.39 is 12.8 Å². The van der Waals surface area contributed by atoms with Crippen molar-refractivity contribution in [3.8, 4) is 33.2 Å². The van der Waals surface area contributed by atoms with Gasteiger partial charge in [0.25, 0.3) is 0 Å². The minimum atomic E-state index is -1.10. The molecule has 0 aliphatic heterocycles. The third kappa shape index (κ3) is 4.61. The highest BCUT2D eigenvalue weighted by Gasteiger charge is 2.10. The molecule has 6 heteroatoms. The lowest BCUT2D eigenvalue weighted by atomic mass is 10.0. The van der Waals surface area contributed by atoms with Crippen LogP contribution in [0.25, 0.3) is 31.9 Å². The van der Waals surface area contributed by atoms with Gasteiger partial charge >= 0.3 is 0 Å². The summed E-state index contributed by atoms with van der Waals surface area (Å²) in [6.07, 6.45) is -1.10. The molecule has 0 spiro atoms. The van der Waals surface area contributed by atoms with E-state index in [1.807, 2.05) is 31.2 Å². The van der Waals surface area contributed by atoms with Crippen LogP contribution in [0, 0.1) is 0 Å². The number of halogens is 1. The molecule has 0 aliphatic carbocycles. The maximum Gasteiger partial charge on any atom is 0.124 e. The Balaban J connectivity index is 1.52. The number of ether oxygens (including phenoxy) is 2. The van der Waals surface area contributed by atoms with Crippen molar-refractivity contribution in [2.24, 2.45) is 0 Å². The van der Waals surface area contributed by atoms with Gasteiger partial charge in [-0.3, -0.25) is 0 Å². The molecule has 0 radical (unpaired) electrons. The predicted octanol–water partition coefficient (Wildman–Crippen LogP) is 5.74. The van der Waals surface area contributed by atoms with E-state index in [2.05, 4.69) is 36.4 Å². The van der Waals surface area contributed by atoms with Gasteiger partial charge in [-0.2, -0.15) is 0 Å². The van der Waals surface area contributed by atoms with E-state index in [4.69, 9.17) is 14.5 Å². The molecule has 4 nitrogen and oxygen atoms in total. The van der Waals surface area contributed by atoms with Gasteiger partial charge in [-0.05, 0) is 48.4 Å². The lowest BCUT2D eigenvalue weighted by molar-refractivity contribution is 0.0842. The highest BCUT2D eigenvalue weighted by molar-refractivity contribution is 7.21. The van der Waals surface area contributed by atoms with Crippen molar-refractivity contribution in [2.45, 2.75) is 13.0 Å². The largest absolute Gasteiger partial charge is 0.494 e. The Kier molecular flexibility index (Phi) is 6.26. The second-order valence-corrected chi connectivity index (χ2v) is 7.83. The van der Waals surface area contributed by atoms with Crippen LogP contribution in [-0.2, 0) is 0 Å². The topological polar surface area (TPSA) is 51.6 Å². The average molecular weight is 424 g/mol. The summed E-state index contributed by atoms with van der Waals surface area (Å²) < 4.78 is 24.3. The molecule has 3 aromatic carbocycles. The van der Waals surface area contributed by atoms with Gasteiger partial charge in [-0.25, -0.2) is 9.37 Å². The molecule has 1 aromatic heterocycles. The number of nitrogens with zero attached hydrogens (tertiary/aromatic N) is 1. The number of hydrogen-bond donors (Lipinski definition) is 1. The summed E-state index contributed by atoms with van der Waals surface area (Å²) >= 11 is 1.57. The SMILES string of the molecule is CCOc1ccc(-c2ccc(-c3nc4ccc(OCC(O)CF)cc4s3)cc2)cc1. The molecule has 0 saturated heterocycles. The molecule has 0 aliphatic rings. The predicted molar refractivity (Wildman–Crippen MR) is 119 cm³/mol. The van der Waals surface area contributed by atoms with Gasteiger partial charge in [0.2, 0.25) is 0 Å². The minimum Gasteiger partial charge on any atom is -0.494 e. The van der Waals surface area contributed by atoms with Gasteiger partial charge in [0.1, 0.15) is 35.9 Å². The molecule has 30 heavy (non-hydrogen) atoms. The standard InChI is InChI=1S/C24H22FNO3S/c1-2-28-20-9-7-17(8-10-20)16-3-5-18(6-4-16)24-26-22-12-11-21(13-23(22)30-24)29-15-19(27)14-25/h3-13,19,27H,2,14-15H2,1H3. The normalized spacial score (nSPS) is 12.1. The molecule has 1 heterocycles. The van der Waals surface area contributed by atoms with E-state index >= 15 is 0 Å². The van der Waals surface area contributed by atoms with Crippen LogP contribution in [0.2, 0.25) is 0 Å². The van der Waals surface area contributed by atoms with Gasteiger partial charge in [-0.15, -0.1) is 11.3 Å². The summed E-state index contributed by atoms with van der Waals surface area (Å²) in [4.78, 5) is 4.71. The van der Waals surface area contributed by atoms with Crippen molar-refractivity contribution >= 4 is 21.6 Å². The summed E-state index contributed by atoms with van der Waals surface area (Å²) in [6.45, 7) is 1.74. The summed E-state index contributed by atoms with van der Waals surface area (Å²) in [5.41, 5.74) is 4.18. The van der Waals surface area contributed by atoms with Crippen LogP contribution in [0.4, 0.5) is 4.39 Å². The maximum absolute atomic E-state index is 12.4. The lowest BCUT2D eigenvalue weighted by Gasteiger charge is -2.08. The number of hydrogen-bond acceptors (Lipinski definition) is 5. The Morgan fingerprint density at radius 2 is 1.53 bits per heavy atom. The first-order chi connectivity index (χ1) is 14.7. The summed E-state index contributed by atoms with van der Waals surface area (Å²) in [5.74, 6) is 1.46. The van der Waals surface area contributed by atoms with Crippen molar-refractivity contribution in [3.63, 3.8) is 0 Å². The smallest absolute Gasteiger partial charge is 0.124 e. The zero-order valence-corrected chi connectivity index (χ0v) is 17.4. The zero-order valence-electron chi connectivity index (χ0n) is 16.5. The Morgan fingerprint density at radius 1 is 0.900 bits per heavy atom.